The number of hydrogen-bond donors (Lipinski definition) is 2. The van der Waals surface area contributed by atoms with Crippen molar-refractivity contribution in [2.24, 2.45) is 0 Å². The first-order valence-electron chi connectivity index (χ1n) is 12.5. The second kappa shape index (κ2) is 14.1. The van der Waals surface area contributed by atoms with Gasteiger partial charge in [-0.3, -0.25) is 9.59 Å². The summed E-state index contributed by atoms with van der Waals surface area (Å²) < 4.78 is 27.6. The number of ketones is 2. The van der Waals surface area contributed by atoms with Crippen LogP contribution < -0.4 is 0 Å². The molecule has 0 spiro atoms. The fourth-order valence-electron chi connectivity index (χ4n) is 3.87. The normalized spacial score (nSPS) is 15.7. The maximum atomic E-state index is 13.5. The number of benzene rings is 4. The second-order valence-corrected chi connectivity index (χ2v) is 12.3. The molecule has 11 heteroatoms. The van der Waals surface area contributed by atoms with Crippen LogP contribution in [0.1, 0.15) is 44.1 Å². The zero-order valence-corrected chi connectivity index (χ0v) is 24.1. The molecule has 41 heavy (non-hydrogen) atoms. The van der Waals surface area contributed by atoms with Gasteiger partial charge in [-0.15, -0.1) is 9.05 Å². The van der Waals surface area contributed by atoms with E-state index in [-0.39, 0.29) is 0 Å². The van der Waals surface area contributed by atoms with Crippen LogP contribution in [0, 0.1) is 0 Å². The van der Waals surface area contributed by atoms with E-state index in [0.717, 1.165) is 14.2 Å². The Morgan fingerprint density at radius 1 is 0.537 bits per heavy atom. The first-order valence-corrected chi connectivity index (χ1v) is 15.5. The summed E-state index contributed by atoms with van der Waals surface area (Å²) in [6.07, 6.45) is -2.75. The summed E-state index contributed by atoms with van der Waals surface area (Å²) >= 11 is 0. The molecule has 4 aromatic rings. The molecule has 9 nitrogen and oxygen atoms in total. The van der Waals surface area contributed by atoms with Crippen molar-refractivity contribution in [2.75, 3.05) is 14.2 Å². The smallest absolute Gasteiger partial charge is 0.291 e. The third-order valence-corrected chi connectivity index (χ3v) is 9.47. The first kappa shape index (κ1) is 30.8. The minimum atomic E-state index is -4.52. The Morgan fingerprint density at radius 2 is 0.829 bits per heavy atom. The Kier molecular flexibility index (Phi) is 10.6. The van der Waals surface area contributed by atoms with Crippen LogP contribution in [0.2, 0.25) is 0 Å². The average molecular weight is 597 g/mol. The van der Waals surface area contributed by atoms with Crippen LogP contribution in [0.25, 0.3) is 0 Å². The molecule has 4 atom stereocenters. The van der Waals surface area contributed by atoms with E-state index in [4.69, 9.17) is 22.4 Å². The molecule has 212 valence electrons. The summed E-state index contributed by atoms with van der Waals surface area (Å²) in [5, 5.41) is 0. The zero-order chi connectivity index (χ0) is 29.3. The molecular weight excluding hydrogens is 566 g/mol. The van der Waals surface area contributed by atoms with Crippen LogP contribution in [-0.4, -0.2) is 35.6 Å². The highest BCUT2D eigenvalue weighted by Gasteiger charge is 2.66. The van der Waals surface area contributed by atoms with Crippen LogP contribution >= 0.6 is 16.3 Å². The van der Waals surface area contributed by atoms with E-state index in [1.165, 1.54) is 0 Å². The molecule has 0 heterocycles. The third-order valence-electron chi connectivity index (χ3n) is 5.94. The second-order valence-electron chi connectivity index (χ2n) is 8.64. The van der Waals surface area contributed by atoms with Crippen molar-refractivity contribution in [3.05, 3.63) is 144 Å². The maximum Gasteiger partial charge on any atom is 0.623 e. The molecule has 0 aliphatic carbocycles. The van der Waals surface area contributed by atoms with E-state index >= 15 is 0 Å². The summed E-state index contributed by atoms with van der Waals surface area (Å²) in [6, 6.07) is 33.6. The van der Waals surface area contributed by atoms with E-state index < -0.39 is 40.1 Å². The van der Waals surface area contributed by atoms with Gasteiger partial charge >= 0.3 is 16.3 Å². The van der Waals surface area contributed by atoms with Gasteiger partial charge in [0.2, 0.25) is 11.6 Å². The Bertz CT molecular complexity index is 1300. The Labute approximate surface area is 239 Å². The van der Waals surface area contributed by atoms with E-state index in [1.54, 1.807) is 121 Å². The number of Topliss-reactive ketones (excluding diaryl/α,β-unsaturated/α-hetero) is 2. The van der Waals surface area contributed by atoms with Gasteiger partial charge in [0.1, 0.15) is 0 Å². The lowest BCUT2D eigenvalue weighted by molar-refractivity contribution is 0.0400. The number of carbonyl (C=O) groups is 2. The molecule has 0 radical (unpaired) electrons. The Hall–Kier alpha value is -3.20. The van der Waals surface area contributed by atoms with E-state index in [9.17, 15) is 19.4 Å². The monoisotopic (exact) mass is 596 g/mol. The predicted molar refractivity (Wildman–Crippen MR) is 155 cm³/mol. The molecule has 4 unspecified atom stereocenters. The molecule has 0 bridgehead atoms. The summed E-state index contributed by atoms with van der Waals surface area (Å²) in [6.45, 7) is 0. The van der Waals surface area contributed by atoms with E-state index in [0.29, 0.717) is 22.3 Å². The molecule has 2 N–H and O–H groups in total. The molecule has 0 aliphatic heterocycles. The van der Waals surface area contributed by atoms with Crippen molar-refractivity contribution in [3.8, 4) is 0 Å². The highest BCUT2D eigenvalue weighted by Crippen LogP contribution is 2.76. The fraction of sp³-hybridized carbons (Fsp3) is 0.133. The quantitative estimate of drug-likeness (QED) is 0.118. The van der Waals surface area contributed by atoms with Gasteiger partial charge in [0.05, 0.1) is 18.5 Å². The molecule has 4 rings (SSSR count). The fourth-order valence-corrected chi connectivity index (χ4v) is 6.90. The molecule has 0 amide bonds. The lowest BCUT2D eigenvalue weighted by Crippen LogP contribution is -2.21. The highest BCUT2D eigenvalue weighted by molar-refractivity contribution is 7.69. The van der Waals surface area contributed by atoms with Gasteiger partial charge in [-0.05, 0) is 11.1 Å². The zero-order valence-electron chi connectivity index (χ0n) is 22.3. The molecule has 0 aliphatic rings. The summed E-state index contributed by atoms with van der Waals surface area (Å²) in [5.41, 5.74) is 1.44. The van der Waals surface area contributed by atoms with Crippen LogP contribution in [-0.2, 0) is 22.4 Å². The van der Waals surface area contributed by atoms with Crippen molar-refractivity contribution in [1.82, 2.24) is 0 Å². The number of hydrogen-bond acceptors (Lipinski definition) is 9. The SMILES string of the molecule is CO[P+](O)(OC(C(=O)c1ccccc1)c1ccccc1)O[P+](O)(OC)OC(C(=O)c1ccccc1)c1ccccc1. The van der Waals surface area contributed by atoms with Crippen molar-refractivity contribution in [2.45, 2.75) is 12.2 Å². The lowest BCUT2D eigenvalue weighted by Gasteiger charge is -2.22. The number of rotatable bonds is 14. The van der Waals surface area contributed by atoms with Crippen molar-refractivity contribution in [3.63, 3.8) is 0 Å². The van der Waals surface area contributed by atoms with Crippen LogP contribution in [0.15, 0.2) is 121 Å². The predicted octanol–water partition coefficient (Wildman–Crippen LogP) is 6.92. The maximum absolute atomic E-state index is 13.5. The van der Waals surface area contributed by atoms with Crippen LogP contribution in [0.5, 0.6) is 0 Å². The lowest BCUT2D eigenvalue weighted by atomic mass is 10.0. The highest BCUT2D eigenvalue weighted by atomic mass is 31.3. The third kappa shape index (κ3) is 7.97. The molecular formula is C30H30O9P2+2. The average Bonchev–Trinajstić information content (AvgIpc) is 3.03. The molecule has 0 aromatic heterocycles. The van der Waals surface area contributed by atoms with Gasteiger partial charge < -0.3 is 0 Å². The minimum Gasteiger partial charge on any atom is -0.291 e. The van der Waals surface area contributed by atoms with Gasteiger partial charge in [0.25, 0.3) is 0 Å². The van der Waals surface area contributed by atoms with Gasteiger partial charge in [-0.2, -0.15) is 18.8 Å². The minimum absolute atomic E-state index is 0.314. The summed E-state index contributed by atoms with van der Waals surface area (Å²) in [7, 11) is -6.85. The summed E-state index contributed by atoms with van der Waals surface area (Å²) in [5.74, 6) is -0.977. The van der Waals surface area contributed by atoms with Gasteiger partial charge in [-0.1, -0.05) is 121 Å². The van der Waals surface area contributed by atoms with Crippen molar-refractivity contribution >= 4 is 27.9 Å². The van der Waals surface area contributed by atoms with Crippen molar-refractivity contribution < 1.29 is 41.8 Å². The first-order chi connectivity index (χ1) is 19.8. The summed E-state index contributed by atoms with van der Waals surface area (Å²) in [4.78, 5) is 49.7. The topological polar surface area (TPSA) is 121 Å². The van der Waals surface area contributed by atoms with Crippen LogP contribution in [0.4, 0.5) is 0 Å². The van der Waals surface area contributed by atoms with E-state index in [1.807, 2.05) is 0 Å². The van der Waals surface area contributed by atoms with Gasteiger partial charge in [0, 0.05) is 11.1 Å². The standard InChI is InChI=1S/C30H30O9P2/c1-35-40(33,37-29(25-19-11-5-12-20-25)27(31)23-15-7-3-8-16-23)39-41(34,36-2)38-30(26-21-13-6-14-22-26)28(32)24-17-9-4-10-18-24/h3-22,29-30,33-34H,1-2H3/q+2. The Morgan fingerprint density at radius 3 is 1.12 bits per heavy atom. The molecule has 0 saturated carbocycles. The molecule has 4 aromatic carbocycles. The van der Waals surface area contributed by atoms with E-state index in [2.05, 4.69) is 0 Å². The van der Waals surface area contributed by atoms with Crippen LogP contribution in [0.3, 0.4) is 0 Å². The van der Waals surface area contributed by atoms with Gasteiger partial charge in [-0.25, -0.2) is 0 Å². The van der Waals surface area contributed by atoms with Crippen molar-refractivity contribution in [1.29, 1.82) is 0 Å². The van der Waals surface area contributed by atoms with Gasteiger partial charge in [0.15, 0.2) is 12.2 Å². The largest absolute Gasteiger partial charge is 0.623 e. The number of carbonyl (C=O) groups excluding carboxylic acids is 2. The molecule has 0 fully saturated rings. The Balaban J connectivity index is 1.65. The molecule has 0 saturated heterocycles.